The van der Waals surface area contributed by atoms with Gasteiger partial charge in [0.25, 0.3) is 0 Å². The molecule has 18 heavy (non-hydrogen) atoms. The molecular formula is C13H22N2O3. The number of rotatable bonds is 2. The van der Waals surface area contributed by atoms with Gasteiger partial charge in [0.05, 0.1) is 0 Å². The van der Waals surface area contributed by atoms with Crippen molar-refractivity contribution in [3.05, 3.63) is 11.6 Å². The summed E-state index contributed by atoms with van der Waals surface area (Å²) in [5, 5.41) is 11.8. The predicted octanol–water partition coefficient (Wildman–Crippen LogP) is 1.85. The van der Waals surface area contributed by atoms with E-state index in [0.29, 0.717) is 13.1 Å². The third-order valence-electron chi connectivity index (χ3n) is 3.10. The van der Waals surface area contributed by atoms with Crippen LogP contribution in [0.2, 0.25) is 0 Å². The van der Waals surface area contributed by atoms with E-state index in [0.717, 1.165) is 6.42 Å². The van der Waals surface area contributed by atoms with Gasteiger partial charge in [-0.3, -0.25) is 0 Å². The summed E-state index contributed by atoms with van der Waals surface area (Å²) in [6, 6.07) is -1.18. The average Bonchev–Trinajstić information content (AvgIpc) is 2.24. The normalized spacial score (nSPS) is 18.0. The van der Waals surface area contributed by atoms with E-state index in [1.54, 1.807) is 25.7 Å². The van der Waals surface area contributed by atoms with Crippen LogP contribution in [0.25, 0.3) is 0 Å². The maximum absolute atomic E-state index is 12.0. The first-order chi connectivity index (χ1) is 8.21. The third-order valence-corrected chi connectivity index (χ3v) is 3.10. The molecule has 5 heteroatoms. The van der Waals surface area contributed by atoms with E-state index in [-0.39, 0.29) is 6.03 Å². The molecule has 1 heterocycles. The lowest BCUT2D eigenvalue weighted by atomic mass is 9.87. The fourth-order valence-electron chi connectivity index (χ4n) is 1.82. The van der Waals surface area contributed by atoms with Crippen molar-refractivity contribution in [2.45, 2.75) is 40.2 Å². The van der Waals surface area contributed by atoms with Crippen LogP contribution in [0.4, 0.5) is 4.79 Å². The second-order valence-corrected chi connectivity index (χ2v) is 5.83. The highest BCUT2D eigenvalue weighted by Gasteiger charge is 2.33. The molecule has 1 unspecified atom stereocenters. The molecule has 0 bridgehead atoms. The van der Waals surface area contributed by atoms with Crippen LogP contribution in [0.5, 0.6) is 0 Å². The molecule has 2 amide bonds. The number of aliphatic carboxylic acids is 1. The molecule has 0 saturated carbocycles. The van der Waals surface area contributed by atoms with Gasteiger partial charge in [0.15, 0.2) is 0 Å². The molecule has 1 rings (SSSR count). The third kappa shape index (κ3) is 3.75. The second-order valence-electron chi connectivity index (χ2n) is 5.83. The minimum Gasteiger partial charge on any atom is -0.480 e. The van der Waals surface area contributed by atoms with Crippen LogP contribution in [0.15, 0.2) is 11.6 Å². The van der Waals surface area contributed by atoms with Gasteiger partial charge in [-0.25, -0.2) is 9.59 Å². The number of amides is 2. The highest BCUT2D eigenvalue weighted by atomic mass is 16.4. The lowest BCUT2D eigenvalue weighted by molar-refractivity contribution is -0.142. The molecule has 0 fully saturated rings. The molecule has 5 nitrogen and oxygen atoms in total. The Morgan fingerprint density at radius 1 is 1.44 bits per heavy atom. The van der Waals surface area contributed by atoms with Crippen LogP contribution in [-0.2, 0) is 4.79 Å². The number of carboxylic acid groups (broad SMARTS) is 1. The highest BCUT2D eigenvalue weighted by molar-refractivity contribution is 5.83. The molecule has 2 N–H and O–H groups in total. The van der Waals surface area contributed by atoms with E-state index in [4.69, 9.17) is 5.11 Å². The van der Waals surface area contributed by atoms with Gasteiger partial charge < -0.3 is 15.3 Å². The molecule has 1 atom stereocenters. The first kappa shape index (κ1) is 14.5. The molecule has 102 valence electrons. The molecule has 0 saturated heterocycles. The van der Waals surface area contributed by atoms with Crippen LogP contribution >= 0.6 is 0 Å². The fourth-order valence-corrected chi connectivity index (χ4v) is 1.82. The number of hydrogen-bond acceptors (Lipinski definition) is 2. The van der Waals surface area contributed by atoms with Crippen LogP contribution in [-0.4, -0.2) is 41.1 Å². The Hall–Kier alpha value is -1.52. The zero-order valence-electron chi connectivity index (χ0n) is 11.5. The number of carbonyl (C=O) groups excluding carboxylic acids is 1. The van der Waals surface area contributed by atoms with Crippen molar-refractivity contribution in [1.29, 1.82) is 0 Å². The number of nitrogens with one attached hydrogen (secondary N) is 1. The summed E-state index contributed by atoms with van der Waals surface area (Å²) in [4.78, 5) is 24.8. The van der Waals surface area contributed by atoms with E-state index < -0.39 is 17.4 Å². The van der Waals surface area contributed by atoms with Crippen molar-refractivity contribution in [2.75, 3.05) is 13.1 Å². The van der Waals surface area contributed by atoms with Crippen LogP contribution < -0.4 is 5.32 Å². The lowest BCUT2D eigenvalue weighted by Gasteiger charge is -2.32. The molecule has 0 radical (unpaired) electrons. The number of carboxylic acids is 1. The average molecular weight is 254 g/mol. The van der Waals surface area contributed by atoms with E-state index in [1.165, 1.54) is 5.57 Å². The van der Waals surface area contributed by atoms with Gasteiger partial charge in [-0.15, -0.1) is 0 Å². The van der Waals surface area contributed by atoms with Crippen molar-refractivity contribution in [3.8, 4) is 0 Å². The Balaban J connectivity index is 2.66. The van der Waals surface area contributed by atoms with Crippen molar-refractivity contribution < 1.29 is 14.7 Å². The largest absolute Gasteiger partial charge is 0.480 e. The zero-order valence-corrected chi connectivity index (χ0v) is 11.5. The maximum atomic E-state index is 12.0. The summed E-state index contributed by atoms with van der Waals surface area (Å²) in [7, 11) is 0. The minimum atomic E-state index is -1.00. The number of carbonyl (C=O) groups is 2. The summed E-state index contributed by atoms with van der Waals surface area (Å²) >= 11 is 0. The summed E-state index contributed by atoms with van der Waals surface area (Å²) in [5.74, 6) is -1.00. The van der Waals surface area contributed by atoms with Crippen molar-refractivity contribution in [3.63, 3.8) is 0 Å². The monoisotopic (exact) mass is 254 g/mol. The van der Waals surface area contributed by atoms with Crippen molar-refractivity contribution in [2.24, 2.45) is 5.41 Å². The van der Waals surface area contributed by atoms with Crippen molar-refractivity contribution in [1.82, 2.24) is 10.2 Å². The Kier molecular flexibility index (Phi) is 4.38. The summed E-state index contributed by atoms with van der Waals surface area (Å²) in [6.45, 7) is 8.62. The lowest BCUT2D eigenvalue weighted by Crippen LogP contribution is -2.53. The van der Waals surface area contributed by atoms with Gasteiger partial charge in [-0.2, -0.15) is 0 Å². The first-order valence-electron chi connectivity index (χ1n) is 6.15. The Bertz CT molecular complexity index is 369. The summed E-state index contributed by atoms with van der Waals surface area (Å²) in [6.07, 6.45) is 2.84. The molecule has 1 aliphatic heterocycles. The Morgan fingerprint density at radius 3 is 2.44 bits per heavy atom. The molecule has 1 aliphatic rings. The second kappa shape index (κ2) is 5.42. The number of urea groups is 1. The standard InChI is InChI=1S/C13H22N2O3/c1-9-5-7-15(8-6-9)12(18)14-10(11(16)17)13(2,3)4/h5,10H,6-8H2,1-4H3,(H,14,18)(H,16,17). The van der Waals surface area contributed by atoms with Crippen LogP contribution in [0, 0.1) is 5.41 Å². The van der Waals surface area contributed by atoms with Crippen LogP contribution in [0.1, 0.15) is 34.1 Å². The first-order valence-corrected chi connectivity index (χ1v) is 6.15. The van der Waals surface area contributed by atoms with Gasteiger partial charge in [0.1, 0.15) is 6.04 Å². The molecule has 0 aromatic rings. The van der Waals surface area contributed by atoms with E-state index in [9.17, 15) is 9.59 Å². The Morgan fingerprint density at radius 2 is 2.06 bits per heavy atom. The fraction of sp³-hybridized carbons (Fsp3) is 0.692. The van der Waals surface area contributed by atoms with Crippen molar-refractivity contribution >= 4 is 12.0 Å². The summed E-state index contributed by atoms with van der Waals surface area (Å²) < 4.78 is 0. The quantitative estimate of drug-likeness (QED) is 0.739. The minimum absolute atomic E-state index is 0.305. The van der Waals surface area contributed by atoms with Gasteiger partial charge in [-0.05, 0) is 18.8 Å². The molecule has 0 spiro atoms. The van der Waals surface area contributed by atoms with Gasteiger partial charge in [0, 0.05) is 13.1 Å². The van der Waals surface area contributed by atoms with Crippen LogP contribution in [0.3, 0.4) is 0 Å². The topological polar surface area (TPSA) is 69.6 Å². The van der Waals surface area contributed by atoms with E-state index >= 15 is 0 Å². The Labute approximate surface area is 108 Å². The van der Waals surface area contributed by atoms with Gasteiger partial charge in [-0.1, -0.05) is 32.4 Å². The molecule has 0 aromatic heterocycles. The molecular weight excluding hydrogens is 232 g/mol. The summed E-state index contributed by atoms with van der Waals surface area (Å²) in [5.41, 5.74) is 0.757. The van der Waals surface area contributed by atoms with E-state index in [2.05, 4.69) is 5.32 Å². The number of nitrogens with zero attached hydrogens (tertiary/aromatic N) is 1. The predicted molar refractivity (Wildman–Crippen MR) is 69.4 cm³/mol. The molecule has 0 aromatic carbocycles. The highest BCUT2D eigenvalue weighted by Crippen LogP contribution is 2.20. The SMILES string of the molecule is CC1=CCN(C(=O)NC(C(=O)O)C(C)(C)C)CC1. The van der Waals surface area contributed by atoms with E-state index in [1.807, 2.05) is 13.0 Å². The maximum Gasteiger partial charge on any atom is 0.326 e. The zero-order chi connectivity index (χ0) is 13.9. The smallest absolute Gasteiger partial charge is 0.326 e. The van der Waals surface area contributed by atoms with Gasteiger partial charge >= 0.3 is 12.0 Å². The van der Waals surface area contributed by atoms with Gasteiger partial charge in [0.2, 0.25) is 0 Å². The number of hydrogen-bond donors (Lipinski definition) is 2. The molecule has 0 aliphatic carbocycles.